The molecule has 0 bridgehead atoms. The van der Waals surface area contributed by atoms with E-state index >= 15 is 0 Å². The number of carbonyl (C=O) groups excluding carboxylic acids is 1. The van der Waals surface area contributed by atoms with Crippen molar-refractivity contribution in [3.05, 3.63) is 65.7 Å². The van der Waals surface area contributed by atoms with Gasteiger partial charge in [0.2, 0.25) is 5.91 Å². The van der Waals surface area contributed by atoms with E-state index in [9.17, 15) is 9.90 Å². The molecule has 3 nitrogen and oxygen atoms in total. The number of para-hydroxylation sites is 1. The topological polar surface area (TPSA) is 49.3 Å². The second-order valence-corrected chi connectivity index (χ2v) is 5.12. The third kappa shape index (κ3) is 3.70. The minimum absolute atomic E-state index is 0.0446. The Morgan fingerprint density at radius 3 is 2.33 bits per heavy atom. The van der Waals surface area contributed by atoms with Crippen molar-refractivity contribution in [3.8, 4) is 0 Å². The lowest BCUT2D eigenvalue weighted by molar-refractivity contribution is -0.117. The third-order valence-electron chi connectivity index (χ3n) is 3.60. The van der Waals surface area contributed by atoms with Crippen LogP contribution >= 0.6 is 0 Å². The molecule has 0 aliphatic carbocycles. The summed E-state index contributed by atoms with van der Waals surface area (Å²) in [5.41, 5.74) is 2.41. The number of carbonyl (C=O) groups is 1. The molecule has 0 saturated heterocycles. The van der Waals surface area contributed by atoms with Crippen LogP contribution in [0.3, 0.4) is 0 Å². The van der Waals surface area contributed by atoms with Crippen LogP contribution in [0, 0.1) is 0 Å². The molecule has 2 unspecified atom stereocenters. The maximum absolute atomic E-state index is 12.5. The SMILES string of the molecule is CCC(C(=O)Nc1ccccc1C(C)O)c1ccccc1. The molecule has 0 aromatic heterocycles. The Morgan fingerprint density at radius 2 is 1.71 bits per heavy atom. The number of anilines is 1. The highest BCUT2D eigenvalue weighted by Crippen LogP contribution is 2.25. The molecule has 0 aliphatic rings. The second kappa shape index (κ2) is 7.04. The molecular formula is C18H21NO2. The Labute approximate surface area is 125 Å². The Bertz CT molecular complexity index is 593. The average molecular weight is 283 g/mol. The standard InChI is InChI=1S/C18H21NO2/c1-3-15(14-9-5-4-6-10-14)18(21)19-17-12-8-7-11-16(17)13(2)20/h4-13,15,20H,3H2,1-2H3,(H,19,21). The van der Waals surface area contributed by atoms with Crippen molar-refractivity contribution in [1.29, 1.82) is 0 Å². The van der Waals surface area contributed by atoms with Crippen LogP contribution in [0.5, 0.6) is 0 Å². The molecule has 2 aromatic rings. The average Bonchev–Trinajstić information content (AvgIpc) is 2.49. The zero-order chi connectivity index (χ0) is 15.2. The van der Waals surface area contributed by atoms with E-state index < -0.39 is 6.10 Å². The fourth-order valence-electron chi connectivity index (χ4n) is 2.45. The number of aliphatic hydroxyl groups excluding tert-OH is 1. The highest BCUT2D eigenvalue weighted by atomic mass is 16.3. The summed E-state index contributed by atoms with van der Waals surface area (Å²) in [7, 11) is 0. The van der Waals surface area contributed by atoms with E-state index in [1.54, 1.807) is 6.92 Å². The molecule has 0 aliphatic heterocycles. The molecule has 2 atom stereocenters. The number of amides is 1. The van der Waals surface area contributed by atoms with Crippen LogP contribution in [0.2, 0.25) is 0 Å². The van der Waals surface area contributed by atoms with Crippen molar-refractivity contribution < 1.29 is 9.90 Å². The van der Waals surface area contributed by atoms with E-state index in [2.05, 4.69) is 5.32 Å². The summed E-state index contributed by atoms with van der Waals surface area (Å²) in [4.78, 5) is 12.5. The zero-order valence-electron chi connectivity index (χ0n) is 12.4. The van der Waals surface area contributed by atoms with Gasteiger partial charge in [-0.3, -0.25) is 4.79 Å². The molecule has 2 rings (SSSR count). The molecule has 0 fully saturated rings. The van der Waals surface area contributed by atoms with Gasteiger partial charge in [0, 0.05) is 11.3 Å². The van der Waals surface area contributed by atoms with Gasteiger partial charge < -0.3 is 10.4 Å². The van der Waals surface area contributed by atoms with E-state index in [0.717, 1.165) is 17.5 Å². The Hall–Kier alpha value is -2.13. The lowest BCUT2D eigenvalue weighted by atomic mass is 9.95. The second-order valence-electron chi connectivity index (χ2n) is 5.12. The number of nitrogens with one attached hydrogen (secondary N) is 1. The summed E-state index contributed by atoms with van der Waals surface area (Å²) in [5.74, 6) is -0.231. The van der Waals surface area contributed by atoms with Crippen molar-refractivity contribution in [3.63, 3.8) is 0 Å². The zero-order valence-corrected chi connectivity index (χ0v) is 12.4. The van der Waals surface area contributed by atoms with Crippen molar-refractivity contribution >= 4 is 11.6 Å². The molecule has 0 spiro atoms. The fraction of sp³-hybridized carbons (Fsp3) is 0.278. The molecule has 0 saturated carbocycles. The first-order chi connectivity index (χ1) is 10.1. The molecule has 21 heavy (non-hydrogen) atoms. The van der Waals surface area contributed by atoms with E-state index in [1.165, 1.54) is 0 Å². The first kappa shape index (κ1) is 15.3. The van der Waals surface area contributed by atoms with Gasteiger partial charge in [-0.15, -0.1) is 0 Å². The lowest BCUT2D eigenvalue weighted by Crippen LogP contribution is -2.21. The van der Waals surface area contributed by atoms with Crippen LogP contribution in [0.15, 0.2) is 54.6 Å². The normalized spacial score (nSPS) is 13.5. The van der Waals surface area contributed by atoms with Crippen LogP contribution in [0.4, 0.5) is 5.69 Å². The van der Waals surface area contributed by atoms with Crippen molar-refractivity contribution in [2.75, 3.05) is 5.32 Å². The summed E-state index contributed by atoms with van der Waals surface area (Å²) in [6, 6.07) is 17.1. The van der Waals surface area contributed by atoms with E-state index in [1.807, 2.05) is 61.5 Å². The number of aliphatic hydroxyl groups is 1. The molecule has 1 amide bonds. The summed E-state index contributed by atoms with van der Waals surface area (Å²) >= 11 is 0. The van der Waals surface area contributed by atoms with Crippen LogP contribution < -0.4 is 5.32 Å². The van der Waals surface area contributed by atoms with Gasteiger partial charge in [-0.2, -0.15) is 0 Å². The van der Waals surface area contributed by atoms with Gasteiger partial charge in [-0.25, -0.2) is 0 Å². The number of rotatable bonds is 5. The van der Waals surface area contributed by atoms with Crippen molar-refractivity contribution in [2.45, 2.75) is 32.3 Å². The lowest BCUT2D eigenvalue weighted by Gasteiger charge is -2.18. The van der Waals surface area contributed by atoms with Gasteiger partial charge in [0.05, 0.1) is 12.0 Å². The van der Waals surface area contributed by atoms with Gasteiger partial charge in [-0.05, 0) is 25.0 Å². The summed E-state index contributed by atoms with van der Waals surface area (Å²) in [6.45, 7) is 3.69. The first-order valence-electron chi connectivity index (χ1n) is 7.26. The van der Waals surface area contributed by atoms with Crippen LogP contribution in [0.25, 0.3) is 0 Å². The molecular weight excluding hydrogens is 262 g/mol. The van der Waals surface area contributed by atoms with E-state index in [-0.39, 0.29) is 11.8 Å². The molecule has 2 aromatic carbocycles. The van der Waals surface area contributed by atoms with Crippen LogP contribution in [0.1, 0.15) is 43.4 Å². The maximum Gasteiger partial charge on any atom is 0.231 e. The number of benzene rings is 2. The predicted octanol–water partition coefficient (Wildman–Crippen LogP) is 3.87. The minimum Gasteiger partial charge on any atom is -0.389 e. The molecule has 2 N–H and O–H groups in total. The monoisotopic (exact) mass is 283 g/mol. The van der Waals surface area contributed by atoms with Crippen molar-refractivity contribution in [2.24, 2.45) is 0 Å². The predicted molar refractivity (Wildman–Crippen MR) is 85.2 cm³/mol. The quantitative estimate of drug-likeness (QED) is 0.875. The van der Waals surface area contributed by atoms with Crippen LogP contribution in [-0.4, -0.2) is 11.0 Å². The number of hydrogen-bond acceptors (Lipinski definition) is 2. The summed E-state index contributed by atoms with van der Waals surface area (Å²) < 4.78 is 0. The van der Waals surface area contributed by atoms with Gasteiger partial charge >= 0.3 is 0 Å². The number of hydrogen-bond donors (Lipinski definition) is 2. The Kier molecular flexibility index (Phi) is 5.12. The summed E-state index contributed by atoms with van der Waals surface area (Å²) in [6.07, 6.45) is 0.116. The summed E-state index contributed by atoms with van der Waals surface area (Å²) in [5, 5.41) is 12.7. The van der Waals surface area contributed by atoms with Gasteiger partial charge in [0.1, 0.15) is 0 Å². The van der Waals surface area contributed by atoms with Gasteiger partial charge in [0.25, 0.3) is 0 Å². The largest absolute Gasteiger partial charge is 0.389 e. The highest BCUT2D eigenvalue weighted by molar-refractivity contribution is 5.96. The van der Waals surface area contributed by atoms with E-state index in [0.29, 0.717) is 5.69 Å². The molecule has 0 heterocycles. The Balaban J connectivity index is 2.21. The maximum atomic E-state index is 12.5. The fourth-order valence-corrected chi connectivity index (χ4v) is 2.45. The van der Waals surface area contributed by atoms with E-state index in [4.69, 9.17) is 0 Å². The minimum atomic E-state index is -0.613. The smallest absolute Gasteiger partial charge is 0.231 e. The van der Waals surface area contributed by atoms with Gasteiger partial charge in [0.15, 0.2) is 0 Å². The molecule has 110 valence electrons. The third-order valence-corrected chi connectivity index (χ3v) is 3.60. The van der Waals surface area contributed by atoms with Gasteiger partial charge in [-0.1, -0.05) is 55.5 Å². The first-order valence-corrected chi connectivity index (χ1v) is 7.26. The highest BCUT2D eigenvalue weighted by Gasteiger charge is 2.19. The molecule has 3 heteroatoms. The molecule has 0 radical (unpaired) electrons. The van der Waals surface area contributed by atoms with Crippen LogP contribution in [-0.2, 0) is 4.79 Å². The Morgan fingerprint density at radius 1 is 1.10 bits per heavy atom. The van der Waals surface area contributed by atoms with Crippen molar-refractivity contribution in [1.82, 2.24) is 0 Å².